The molecule has 1 aromatic carbocycles. The van der Waals surface area contributed by atoms with Gasteiger partial charge >= 0.3 is 0 Å². The lowest BCUT2D eigenvalue weighted by Gasteiger charge is -2.13. The van der Waals surface area contributed by atoms with E-state index in [2.05, 4.69) is 29.4 Å². The third-order valence-corrected chi connectivity index (χ3v) is 4.75. The van der Waals surface area contributed by atoms with Crippen LogP contribution in [0.2, 0.25) is 5.02 Å². The highest BCUT2D eigenvalue weighted by Gasteiger charge is 2.18. The summed E-state index contributed by atoms with van der Waals surface area (Å²) in [5, 5.41) is 13.0. The molecule has 1 aromatic heterocycles. The third kappa shape index (κ3) is 4.91. The van der Waals surface area contributed by atoms with Crippen LogP contribution in [-0.4, -0.2) is 22.2 Å². The summed E-state index contributed by atoms with van der Waals surface area (Å²) in [5.41, 5.74) is 0. The van der Waals surface area contributed by atoms with Crippen molar-refractivity contribution < 1.29 is 9.53 Å². The molecule has 124 valence electrons. The predicted octanol–water partition coefficient (Wildman–Crippen LogP) is 4.50. The molecule has 1 N–H and O–H groups in total. The second-order valence-corrected chi connectivity index (χ2v) is 6.61. The van der Waals surface area contributed by atoms with E-state index < -0.39 is 6.10 Å². The van der Waals surface area contributed by atoms with Crippen LogP contribution in [0, 0.1) is 0 Å². The number of carbonyl (C=O) groups is 1. The van der Waals surface area contributed by atoms with Crippen molar-refractivity contribution in [2.75, 3.05) is 5.32 Å². The zero-order chi connectivity index (χ0) is 16.8. The molecule has 0 bridgehead atoms. The van der Waals surface area contributed by atoms with Crippen molar-refractivity contribution in [1.29, 1.82) is 0 Å². The Bertz CT molecular complexity index is 641. The summed E-state index contributed by atoms with van der Waals surface area (Å²) in [5.74, 6) is 0.722. The fourth-order valence-electron chi connectivity index (χ4n) is 2.07. The number of halogens is 1. The average molecular weight is 354 g/mol. The molecule has 7 heteroatoms. The Balaban J connectivity index is 1.94. The summed E-state index contributed by atoms with van der Waals surface area (Å²) in [6.45, 7) is 5.93. The summed E-state index contributed by atoms with van der Waals surface area (Å²) in [6, 6.07) is 6.88. The van der Waals surface area contributed by atoms with Gasteiger partial charge in [0.05, 0.1) is 0 Å². The van der Waals surface area contributed by atoms with E-state index >= 15 is 0 Å². The number of carbonyl (C=O) groups excluding carboxylic acids is 1. The maximum Gasteiger partial charge on any atom is 0.266 e. The van der Waals surface area contributed by atoms with Gasteiger partial charge in [-0.25, -0.2) is 0 Å². The quantitative estimate of drug-likeness (QED) is 0.795. The molecule has 23 heavy (non-hydrogen) atoms. The summed E-state index contributed by atoms with van der Waals surface area (Å²) in [6.07, 6.45) is 1.38. The molecule has 0 aliphatic heterocycles. The monoisotopic (exact) mass is 353 g/mol. The zero-order valence-corrected chi connectivity index (χ0v) is 14.9. The summed E-state index contributed by atoms with van der Waals surface area (Å²) < 4.78 is 5.59. The number of benzene rings is 1. The fraction of sp³-hybridized carbons (Fsp3) is 0.438. The van der Waals surface area contributed by atoms with Gasteiger partial charge in [0.25, 0.3) is 5.91 Å². The second kappa shape index (κ2) is 8.26. The molecule has 0 radical (unpaired) electrons. The minimum absolute atomic E-state index is 0.257. The molecule has 1 unspecified atom stereocenters. The first-order valence-electron chi connectivity index (χ1n) is 7.60. The highest BCUT2D eigenvalue weighted by molar-refractivity contribution is 7.15. The topological polar surface area (TPSA) is 64.1 Å². The Labute approximate surface area is 145 Å². The fourth-order valence-corrected chi connectivity index (χ4v) is 3.20. The maximum atomic E-state index is 12.2. The Morgan fingerprint density at radius 3 is 2.52 bits per heavy atom. The van der Waals surface area contributed by atoms with Gasteiger partial charge in [-0.15, -0.1) is 10.2 Å². The number of ether oxygens (including phenoxy) is 1. The number of nitrogens with zero attached hydrogens (tertiary/aromatic N) is 2. The van der Waals surface area contributed by atoms with Crippen LogP contribution in [-0.2, 0) is 4.79 Å². The van der Waals surface area contributed by atoms with Crippen LogP contribution in [0.3, 0.4) is 0 Å². The standard InChI is InChI=1S/C16H20ClN3O2S/c1-4-11(5-2)15-19-20-16(23-15)18-14(21)10(3)22-13-8-6-12(17)7-9-13/h6-11H,4-5H2,1-3H3,(H,18,20,21). The highest BCUT2D eigenvalue weighted by Crippen LogP contribution is 2.28. The van der Waals surface area contributed by atoms with Crippen LogP contribution in [0.5, 0.6) is 5.75 Å². The lowest BCUT2D eigenvalue weighted by atomic mass is 10.1. The van der Waals surface area contributed by atoms with Gasteiger partial charge in [0.1, 0.15) is 10.8 Å². The van der Waals surface area contributed by atoms with E-state index in [1.54, 1.807) is 31.2 Å². The third-order valence-electron chi connectivity index (χ3n) is 3.50. The van der Waals surface area contributed by atoms with Gasteiger partial charge in [-0.3, -0.25) is 10.1 Å². The van der Waals surface area contributed by atoms with Crippen molar-refractivity contribution in [3.05, 3.63) is 34.3 Å². The Morgan fingerprint density at radius 2 is 1.91 bits per heavy atom. The van der Waals surface area contributed by atoms with Crippen molar-refractivity contribution in [1.82, 2.24) is 10.2 Å². The summed E-state index contributed by atoms with van der Waals surface area (Å²) >= 11 is 7.24. The van der Waals surface area contributed by atoms with Gasteiger partial charge in [-0.2, -0.15) is 0 Å². The van der Waals surface area contributed by atoms with Gasteiger partial charge in [0.2, 0.25) is 5.13 Å². The van der Waals surface area contributed by atoms with E-state index in [4.69, 9.17) is 16.3 Å². The smallest absolute Gasteiger partial charge is 0.266 e. The lowest BCUT2D eigenvalue weighted by Crippen LogP contribution is -2.30. The van der Waals surface area contributed by atoms with Crippen LogP contribution in [0.1, 0.15) is 44.5 Å². The Hall–Kier alpha value is -1.66. The van der Waals surface area contributed by atoms with Gasteiger partial charge in [0.15, 0.2) is 6.10 Å². The van der Waals surface area contributed by atoms with Crippen LogP contribution >= 0.6 is 22.9 Å². The van der Waals surface area contributed by atoms with Crippen LogP contribution in [0.4, 0.5) is 5.13 Å². The summed E-state index contributed by atoms with van der Waals surface area (Å²) in [4.78, 5) is 12.2. The summed E-state index contributed by atoms with van der Waals surface area (Å²) in [7, 11) is 0. The number of hydrogen-bond donors (Lipinski definition) is 1. The van der Waals surface area contributed by atoms with E-state index in [1.165, 1.54) is 11.3 Å². The predicted molar refractivity (Wildman–Crippen MR) is 93.4 cm³/mol. The van der Waals surface area contributed by atoms with Crippen molar-refractivity contribution in [2.45, 2.75) is 45.6 Å². The molecule has 0 saturated heterocycles. The molecular formula is C16H20ClN3O2S. The van der Waals surface area contributed by atoms with Crippen LogP contribution < -0.4 is 10.1 Å². The van der Waals surface area contributed by atoms with E-state index in [0.717, 1.165) is 17.8 Å². The first-order valence-corrected chi connectivity index (χ1v) is 8.79. The van der Waals surface area contributed by atoms with Gasteiger partial charge in [0, 0.05) is 10.9 Å². The molecule has 2 rings (SSSR count). The number of anilines is 1. The molecule has 2 aromatic rings. The van der Waals surface area contributed by atoms with E-state index in [1.807, 2.05) is 0 Å². The van der Waals surface area contributed by atoms with Crippen molar-refractivity contribution >= 4 is 34.0 Å². The molecule has 1 atom stereocenters. The second-order valence-electron chi connectivity index (χ2n) is 5.16. The van der Waals surface area contributed by atoms with E-state index in [9.17, 15) is 4.79 Å². The maximum absolute atomic E-state index is 12.2. The molecule has 1 heterocycles. The van der Waals surface area contributed by atoms with Crippen molar-refractivity contribution in [2.24, 2.45) is 0 Å². The lowest BCUT2D eigenvalue weighted by molar-refractivity contribution is -0.122. The minimum Gasteiger partial charge on any atom is -0.481 e. The van der Waals surface area contributed by atoms with E-state index in [-0.39, 0.29) is 5.91 Å². The first-order chi connectivity index (χ1) is 11.0. The molecule has 5 nitrogen and oxygen atoms in total. The van der Waals surface area contributed by atoms with Gasteiger partial charge in [-0.1, -0.05) is 36.8 Å². The molecule has 0 fully saturated rings. The minimum atomic E-state index is -0.642. The largest absolute Gasteiger partial charge is 0.481 e. The van der Waals surface area contributed by atoms with Crippen molar-refractivity contribution in [3.63, 3.8) is 0 Å². The number of aromatic nitrogens is 2. The molecule has 0 aliphatic carbocycles. The molecular weight excluding hydrogens is 334 g/mol. The number of nitrogens with one attached hydrogen (secondary N) is 1. The molecule has 0 saturated carbocycles. The SMILES string of the molecule is CCC(CC)c1nnc(NC(=O)C(C)Oc2ccc(Cl)cc2)s1. The Kier molecular flexibility index (Phi) is 6.36. The Morgan fingerprint density at radius 1 is 1.26 bits per heavy atom. The average Bonchev–Trinajstić information content (AvgIpc) is 2.99. The molecule has 1 amide bonds. The van der Waals surface area contributed by atoms with Gasteiger partial charge in [-0.05, 0) is 44.0 Å². The van der Waals surface area contributed by atoms with Crippen LogP contribution in [0.25, 0.3) is 0 Å². The zero-order valence-electron chi connectivity index (χ0n) is 13.4. The van der Waals surface area contributed by atoms with Crippen LogP contribution in [0.15, 0.2) is 24.3 Å². The normalized spacial score (nSPS) is 12.2. The number of amides is 1. The highest BCUT2D eigenvalue weighted by atomic mass is 35.5. The van der Waals surface area contributed by atoms with Crippen molar-refractivity contribution in [3.8, 4) is 5.75 Å². The first kappa shape index (κ1) is 17.7. The molecule has 0 aliphatic rings. The molecule has 0 spiro atoms. The van der Waals surface area contributed by atoms with E-state index in [0.29, 0.717) is 21.8 Å². The number of hydrogen-bond acceptors (Lipinski definition) is 5. The van der Waals surface area contributed by atoms with Gasteiger partial charge < -0.3 is 4.74 Å². The number of rotatable bonds is 7.